The second-order valence-corrected chi connectivity index (χ2v) is 5.50. The van der Waals surface area contributed by atoms with Gasteiger partial charge in [-0.25, -0.2) is 29.0 Å². The lowest BCUT2D eigenvalue weighted by Gasteiger charge is -2.06. The summed E-state index contributed by atoms with van der Waals surface area (Å²) < 4.78 is 26.4. The molecule has 9 nitrogen and oxygen atoms in total. The van der Waals surface area contributed by atoms with Crippen LogP contribution in [-0.4, -0.2) is 28.6 Å². The number of hydrogen-bond donors (Lipinski definition) is 4. The molecule has 0 bridgehead atoms. The minimum absolute atomic E-state index is 0.0346. The highest BCUT2D eigenvalue weighted by Gasteiger charge is 2.15. The minimum Gasteiger partial charge on any atom is -0.292 e. The molecule has 0 spiro atoms. The number of anilines is 1. The number of hydrazine groups is 1. The summed E-state index contributed by atoms with van der Waals surface area (Å²) in [4.78, 5) is 7.45. The normalized spacial score (nSPS) is 11.5. The number of hydrogen-bond acceptors (Lipinski definition) is 7. The average Bonchev–Trinajstić information content (AvgIpc) is 2.82. The van der Waals surface area contributed by atoms with Crippen LogP contribution in [0.25, 0.3) is 0 Å². The van der Waals surface area contributed by atoms with Crippen molar-refractivity contribution in [3.63, 3.8) is 0 Å². The molecule has 0 aromatic carbocycles. The Labute approximate surface area is 109 Å². The van der Waals surface area contributed by atoms with Crippen molar-refractivity contribution in [2.75, 3.05) is 5.43 Å². The standard InChI is InChI=1S/C9H13N7O2S/c1-6-7(2-13-16-6)3-14-19(17,18)8-4-11-9(15-10)12-5-8/h2,4-5,14H,3,10H2,1H3,(H,13,16)(H,11,12,15). The molecule has 0 unspecified atom stereocenters. The van der Waals surface area contributed by atoms with Gasteiger partial charge >= 0.3 is 0 Å². The number of sulfonamides is 1. The maximum atomic E-state index is 12.0. The Morgan fingerprint density at radius 3 is 2.53 bits per heavy atom. The fourth-order valence-electron chi connectivity index (χ4n) is 1.34. The topological polar surface area (TPSA) is 139 Å². The van der Waals surface area contributed by atoms with Gasteiger partial charge in [0.2, 0.25) is 16.0 Å². The Balaban J connectivity index is 2.11. The molecule has 2 rings (SSSR count). The molecule has 5 N–H and O–H groups in total. The van der Waals surface area contributed by atoms with E-state index in [9.17, 15) is 8.42 Å². The number of aryl methyl sites for hydroxylation is 1. The van der Waals surface area contributed by atoms with E-state index < -0.39 is 10.0 Å². The van der Waals surface area contributed by atoms with Gasteiger partial charge in [0.25, 0.3) is 0 Å². The third-order valence-corrected chi connectivity index (χ3v) is 3.81. The first kappa shape index (κ1) is 13.4. The highest BCUT2D eigenvalue weighted by Crippen LogP contribution is 2.09. The van der Waals surface area contributed by atoms with Crippen LogP contribution in [0.5, 0.6) is 0 Å². The molecule has 0 radical (unpaired) electrons. The van der Waals surface area contributed by atoms with Crippen LogP contribution in [0.1, 0.15) is 11.3 Å². The van der Waals surface area contributed by atoms with Crippen LogP contribution in [0.4, 0.5) is 5.95 Å². The molecular formula is C9H13N7O2S. The maximum absolute atomic E-state index is 12.0. The van der Waals surface area contributed by atoms with E-state index in [2.05, 4.69) is 30.3 Å². The summed E-state index contributed by atoms with van der Waals surface area (Å²) in [6.07, 6.45) is 3.91. The molecule has 0 saturated heterocycles. The van der Waals surface area contributed by atoms with Crippen LogP contribution in [0.15, 0.2) is 23.5 Å². The molecule has 19 heavy (non-hydrogen) atoms. The first-order chi connectivity index (χ1) is 9.03. The molecule has 2 aromatic rings. The molecule has 2 heterocycles. The van der Waals surface area contributed by atoms with E-state index in [1.165, 1.54) is 12.4 Å². The number of nitrogens with one attached hydrogen (secondary N) is 3. The molecular weight excluding hydrogens is 270 g/mol. The molecule has 0 fully saturated rings. The van der Waals surface area contributed by atoms with E-state index in [4.69, 9.17) is 5.84 Å². The van der Waals surface area contributed by atoms with Crippen LogP contribution in [0, 0.1) is 6.92 Å². The summed E-state index contributed by atoms with van der Waals surface area (Å²) in [5.41, 5.74) is 3.79. The number of rotatable bonds is 5. The zero-order valence-corrected chi connectivity index (χ0v) is 10.9. The molecule has 0 aliphatic carbocycles. The molecule has 0 aliphatic rings. The SMILES string of the molecule is Cc1[nH]ncc1CNS(=O)(=O)c1cnc(NN)nc1. The van der Waals surface area contributed by atoms with Crippen molar-refractivity contribution in [3.8, 4) is 0 Å². The van der Waals surface area contributed by atoms with Crippen LogP contribution >= 0.6 is 0 Å². The number of nitrogen functional groups attached to an aromatic ring is 1. The summed E-state index contributed by atoms with van der Waals surface area (Å²) in [5, 5.41) is 6.54. The Hall–Kier alpha value is -2.04. The van der Waals surface area contributed by atoms with E-state index >= 15 is 0 Å². The van der Waals surface area contributed by atoms with E-state index in [0.29, 0.717) is 0 Å². The molecule has 10 heteroatoms. The first-order valence-electron chi connectivity index (χ1n) is 5.30. The van der Waals surface area contributed by atoms with Gasteiger partial charge in [0, 0.05) is 17.8 Å². The minimum atomic E-state index is -3.66. The smallest absolute Gasteiger partial charge is 0.243 e. The van der Waals surface area contributed by atoms with Crippen LogP contribution in [0.2, 0.25) is 0 Å². The van der Waals surface area contributed by atoms with Gasteiger partial charge < -0.3 is 0 Å². The lowest BCUT2D eigenvalue weighted by Crippen LogP contribution is -2.24. The Kier molecular flexibility index (Phi) is 3.74. The van der Waals surface area contributed by atoms with Gasteiger partial charge in [0.1, 0.15) is 4.90 Å². The van der Waals surface area contributed by atoms with E-state index in [-0.39, 0.29) is 17.4 Å². The van der Waals surface area contributed by atoms with Crippen molar-refractivity contribution in [1.29, 1.82) is 0 Å². The van der Waals surface area contributed by atoms with Crippen LogP contribution < -0.4 is 16.0 Å². The van der Waals surface area contributed by atoms with Gasteiger partial charge in [-0.05, 0) is 6.92 Å². The third-order valence-electron chi connectivity index (χ3n) is 2.45. The summed E-state index contributed by atoms with van der Waals surface area (Å²) >= 11 is 0. The third kappa shape index (κ3) is 3.05. The Bertz CT molecular complexity index is 649. The summed E-state index contributed by atoms with van der Waals surface area (Å²) in [7, 11) is -3.66. The number of aromatic nitrogens is 4. The maximum Gasteiger partial charge on any atom is 0.243 e. The Morgan fingerprint density at radius 2 is 2.00 bits per heavy atom. The molecule has 0 saturated carbocycles. The largest absolute Gasteiger partial charge is 0.292 e. The second-order valence-electron chi connectivity index (χ2n) is 3.73. The predicted octanol–water partition coefficient (Wildman–Crippen LogP) is -0.728. The van der Waals surface area contributed by atoms with E-state index in [1.807, 2.05) is 0 Å². The summed E-state index contributed by atoms with van der Waals surface area (Å²) in [6, 6.07) is 0. The molecule has 102 valence electrons. The summed E-state index contributed by atoms with van der Waals surface area (Å²) in [6.45, 7) is 1.95. The fourth-order valence-corrected chi connectivity index (χ4v) is 2.23. The number of H-pyrrole nitrogens is 1. The molecule has 0 atom stereocenters. The van der Waals surface area contributed by atoms with Crippen LogP contribution in [0.3, 0.4) is 0 Å². The lowest BCUT2D eigenvalue weighted by atomic mass is 10.3. The van der Waals surface area contributed by atoms with Gasteiger partial charge in [-0.3, -0.25) is 10.5 Å². The molecule has 0 amide bonds. The van der Waals surface area contributed by atoms with Crippen LogP contribution in [-0.2, 0) is 16.6 Å². The number of nitrogens with two attached hydrogens (primary N) is 1. The van der Waals surface area contributed by atoms with Gasteiger partial charge in [-0.15, -0.1) is 0 Å². The van der Waals surface area contributed by atoms with Gasteiger partial charge in [0.15, 0.2) is 0 Å². The van der Waals surface area contributed by atoms with Crippen molar-refractivity contribution in [1.82, 2.24) is 24.9 Å². The molecule has 2 aromatic heterocycles. The second kappa shape index (κ2) is 5.30. The molecule has 0 aliphatic heterocycles. The summed E-state index contributed by atoms with van der Waals surface area (Å²) in [5.74, 6) is 5.24. The lowest BCUT2D eigenvalue weighted by molar-refractivity contribution is 0.580. The van der Waals surface area contributed by atoms with E-state index in [1.54, 1.807) is 13.1 Å². The van der Waals surface area contributed by atoms with Crippen molar-refractivity contribution in [3.05, 3.63) is 29.8 Å². The zero-order valence-electron chi connectivity index (χ0n) is 10.1. The fraction of sp³-hybridized carbons (Fsp3) is 0.222. The zero-order chi connectivity index (χ0) is 13.9. The highest BCUT2D eigenvalue weighted by atomic mass is 32.2. The average molecular weight is 283 g/mol. The van der Waals surface area contributed by atoms with Gasteiger partial charge in [0.05, 0.1) is 18.6 Å². The first-order valence-corrected chi connectivity index (χ1v) is 6.78. The van der Waals surface area contributed by atoms with Crippen molar-refractivity contribution < 1.29 is 8.42 Å². The highest BCUT2D eigenvalue weighted by molar-refractivity contribution is 7.89. The van der Waals surface area contributed by atoms with Gasteiger partial charge in [-0.2, -0.15) is 5.10 Å². The van der Waals surface area contributed by atoms with Crippen molar-refractivity contribution >= 4 is 16.0 Å². The van der Waals surface area contributed by atoms with Gasteiger partial charge in [-0.1, -0.05) is 0 Å². The quantitative estimate of drug-likeness (QED) is 0.419. The number of aromatic amines is 1. The monoisotopic (exact) mass is 283 g/mol. The number of nitrogens with zero attached hydrogens (tertiary/aromatic N) is 3. The predicted molar refractivity (Wildman–Crippen MR) is 67.2 cm³/mol. The van der Waals surface area contributed by atoms with Crippen molar-refractivity contribution in [2.24, 2.45) is 5.84 Å². The van der Waals surface area contributed by atoms with E-state index in [0.717, 1.165) is 11.3 Å². The van der Waals surface area contributed by atoms with Crippen molar-refractivity contribution in [2.45, 2.75) is 18.4 Å². The Morgan fingerprint density at radius 1 is 1.32 bits per heavy atom.